The van der Waals surface area contributed by atoms with Crippen LogP contribution in [0.4, 0.5) is 0 Å². The molecule has 1 aromatic carbocycles. The number of nitrogens with one attached hydrogen (secondary N) is 1. The lowest BCUT2D eigenvalue weighted by molar-refractivity contribution is -0.143. The second-order valence-electron chi connectivity index (χ2n) is 6.95. The van der Waals surface area contributed by atoms with Crippen molar-refractivity contribution in [1.82, 2.24) is 5.09 Å². The Balaban J connectivity index is 3.23. The van der Waals surface area contributed by atoms with E-state index in [1.165, 1.54) is 7.11 Å². The molecular formula is C17H28NO2PS. The summed E-state index contributed by atoms with van der Waals surface area (Å²) in [7, 11) is 1.43. The summed E-state index contributed by atoms with van der Waals surface area (Å²) >= 11 is 6.09. The number of benzene rings is 1. The molecule has 0 saturated carbocycles. The summed E-state index contributed by atoms with van der Waals surface area (Å²) in [5, 5.41) is 4.49. The topological polar surface area (TPSA) is 38.3 Å². The maximum Gasteiger partial charge on any atom is 0.323 e. The van der Waals surface area contributed by atoms with Crippen molar-refractivity contribution in [3.63, 3.8) is 0 Å². The van der Waals surface area contributed by atoms with Crippen molar-refractivity contribution in [3.8, 4) is 0 Å². The zero-order valence-electron chi connectivity index (χ0n) is 14.4. The van der Waals surface area contributed by atoms with Gasteiger partial charge in [-0.15, -0.1) is 0 Å². The second kappa shape index (κ2) is 7.72. The van der Waals surface area contributed by atoms with Gasteiger partial charge in [0.1, 0.15) is 6.04 Å². The molecule has 22 heavy (non-hydrogen) atoms. The molecule has 1 N–H and O–H groups in total. The van der Waals surface area contributed by atoms with E-state index in [4.69, 9.17) is 16.5 Å². The van der Waals surface area contributed by atoms with Gasteiger partial charge >= 0.3 is 5.97 Å². The first-order chi connectivity index (χ1) is 10.1. The monoisotopic (exact) mass is 341 g/mol. The van der Waals surface area contributed by atoms with Gasteiger partial charge in [-0.25, -0.2) is 0 Å². The van der Waals surface area contributed by atoms with Crippen LogP contribution in [0.25, 0.3) is 0 Å². The van der Waals surface area contributed by atoms with Crippen LogP contribution in [0.3, 0.4) is 0 Å². The molecule has 0 fully saturated rings. The Labute approximate surface area is 139 Å². The number of hydrogen-bond acceptors (Lipinski definition) is 3. The maximum absolute atomic E-state index is 12.2. The summed E-state index contributed by atoms with van der Waals surface area (Å²) in [5.41, 5.74) is 0. The molecule has 0 aliphatic heterocycles. The molecule has 0 saturated heterocycles. The van der Waals surface area contributed by atoms with Crippen molar-refractivity contribution in [2.75, 3.05) is 7.11 Å². The Kier molecular flexibility index (Phi) is 6.79. The smallest absolute Gasteiger partial charge is 0.323 e. The average Bonchev–Trinajstić information content (AvgIpc) is 2.44. The van der Waals surface area contributed by atoms with E-state index in [1.807, 2.05) is 18.2 Å². The van der Waals surface area contributed by atoms with Gasteiger partial charge < -0.3 is 4.74 Å². The van der Waals surface area contributed by atoms with Crippen molar-refractivity contribution in [3.05, 3.63) is 30.3 Å². The van der Waals surface area contributed by atoms with Gasteiger partial charge in [0, 0.05) is 11.3 Å². The molecule has 0 unspecified atom stereocenters. The van der Waals surface area contributed by atoms with Gasteiger partial charge in [-0.3, -0.25) is 9.88 Å². The fourth-order valence-corrected chi connectivity index (χ4v) is 5.63. The van der Waals surface area contributed by atoms with Crippen LogP contribution in [-0.2, 0) is 21.3 Å². The first-order valence-electron chi connectivity index (χ1n) is 7.63. The fraction of sp³-hybridized carbons (Fsp3) is 0.588. The lowest BCUT2D eigenvalue weighted by Gasteiger charge is -2.39. The first kappa shape index (κ1) is 19.3. The number of methoxy groups -OCH3 is 1. The molecule has 2 atom stereocenters. The molecule has 1 aromatic rings. The van der Waals surface area contributed by atoms with Crippen molar-refractivity contribution >= 4 is 29.3 Å². The average molecular weight is 341 g/mol. The van der Waals surface area contributed by atoms with Crippen LogP contribution in [0.5, 0.6) is 0 Å². The fourth-order valence-electron chi connectivity index (χ4n) is 2.33. The summed E-state index contributed by atoms with van der Waals surface area (Å²) in [6.45, 7) is 10.6. The molecule has 0 aliphatic rings. The predicted octanol–water partition coefficient (Wildman–Crippen LogP) is 3.68. The van der Waals surface area contributed by atoms with Crippen molar-refractivity contribution < 1.29 is 9.53 Å². The minimum atomic E-state index is -2.15. The molecule has 1 rings (SSSR count). The molecule has 0 radical (unpaired) electrons. The van der Waals surface area contributed by atoms with Gasteiger partial charge in [0.15, 0.2) is 0 Å². The molecule has 0 amide bonds. The molecule has 0 heterocycles. The predicted molar refractivity (Wildman–Crippen MR) is 98.5 cm³/mol. The minimum absolute atomic E-state index is 0.132. The molecule has 5 heteroatoms. The molecule has 124 valence electrons. The summed E-state index contributed by atoms with van der Waals surface area (Å²) in [6.07, 6.45) is -1.44. The van der Waals surface area contributed by atoms with E-state index in [9.17, 15) is 4.79 Å². The van der Waals surface area contributed by atoms with Crippen LogP contribution in [0.2, 0.25) is 0 Å². The standard InChI is InChI=1S/C17H28NO2PS/c1-13(2)12-15(16(19)20-6)18-21(22,17(3,4)5)14-10-8-7-9-11-14/h7-11,13,15H,12H2,1-6H3,(H,18,22)/t15-,21+/m0/s1. The van der Waals surface area contributed by atoms with Crippen molar-refractivity contribution in [1.29, 1.82) is 0 Å². The number of ether oxygens (including phenoxy) is 1. The van der Waals surface area contributed by atoms with E-state index in [1.54, 1.807) is 0 Å². The maximum atomic E-state index is 12.2. The summed E-state index contributed by atoms with van der Waals surface area (Å²) in [6, 6.07) is 9.73. The van der Waals surface area contributed by atoms with E-state index in [-0.39, 0.29) is 17.2 Å². The van der Waals surface area contributed by atoms with Crippen LogP contribution in [0.15, 0.2) is 30.3 Å². The number of hydrogen-bond donors (Lipinski definition) is 1. The normalized spacial score (nSPS) is 16.1. The van der Waals surface area contributed by atoms with Crippen molar-refractivity contribution in [2.45, 2.75) is 52.2 Å². The highest BCUT2D eigenvalue weighted by atomic mass is 32.4. The third kappa shape index (κ3) is 4.65. The molecule has 0 aromatic heterocycles. The summed E-state index contributed by atoms with van der Waals surface area (Å²) in [4.78, 5) is 12.2. The van der Waals surface area contributed by atoms with Crippen LogP contribution in [-0.4, -0.2) is 24.3 Å². The number of carbonyl (C=O) groups is 1. The molecule has 0 spiro atoms. The van der Waals surface area contributed by atoms with Crippen LogP contribution in [0, 0.1) is 5.92 Å². The Morgan fingerprint density at radius 2 is 1.82 bits per heavy atom. The SMILES string of the molecule is COC(=O)[C@H](CC(C)C)N[P@@](=S)(c1ccccc1)C(C)(C)C. The second-order valence-corrected chi connectivity index (χ2v) is 11.9. The van der Waals surface area contributed by atoms with E-state index in [0.717, 1.165) is 5.30 Å². The van der Waals surface area contributed by atoms with Gasteiger partial charge in [-0.2, -0.15) is 0 Å². The van der Waals surface area contributed by atoms with Crippen LogP contribution in [0.1, 0.15) is 41.0 Å². The van der Waals surface area contributed by atoms with Gasteiger partial charge in [0.25, 0.3) is 0 Å². The number of carbonyl (C=O) groups excluding carboxylic acids is 1. The minimum Gasteiger partial charge on any atom is -0.468 e. The molecule has 3 nitrogen and oxygen atoms in total. The summed E-state index contributed by atoms with van der Waals surface area (Å²) in [5.74, 6) is 0.152. The van der Waals surface area contributed by atoms with Gasteiger partial charge in [0.2, 0.25) is 0 Å². The Bertz CT molecular complexity index is 537. The highest BCUT2D eigenvalue weighted by molar-refractivity contribution is 8.18. The van der Waals surface area contributed by atoms with Crippen LogP contribution >= 0.6 is 6.19 Å². The Hall–Kier alpha value is -0.700. The Morgan fingerprint density at radius 3 is 2.23 bits per heavy atom. The lowest BCUT2D eigenvalue weighted by atomic mass is 10.1. The van der Waals surface area contributed by atoms with Crippen LogP contribution < -0.4 is 10.4 Å². The quantitative estimate of drug-likeness (QED) is 0.633. The highest BCUT2D eigenvalue weighted by Gasteiger charge is 2.37. The highest BCUT2D eigenvalue weighted by Crippen LogP contribution is 2.54. The molecular weight excluding hydrogens is 313 g/mol. The van der Waals surface area contributed by atoms with Gasteiger partial charge in [0.05, 0.1) is 7.11 Å². The zero-order chi connectivity index (χ0) is 17.0. The van der Waals surface area contributed by atoms with Gasteiger partial charge in [-0.05, 0) is 17.6 Å². The number of esters is 1. The zero-order valence-corrected chi connectivity index (χ0v) is 16.1. The first-order valence-corrected chi connectivity index (χ1v) is 10.4. The third-order valence-electron chi connectivity index (χ3n) is 3.59. The van der Waals surface area contributed by atoms with Gasteiger partial charge in [-0.1, -0.05) is 76.8 Å². The lowest BCUT2D eigenvalue weighted by Crippen LogP contribution is -2.43. The van der Waals surface area contributed by atoms with E-state index >= 15 is 0 Å². The molecule has 0 bridgehead atoms. The molecule has 0 aliphatic carbocycles. The van der Waals surface area contributed by atoms with E-state index in [0.29, 0.717) is 12.3 Å². The number of rotatable bonds is 6. The Morgan fingerprint density at radius 1 is 1.27 bits per heavy atom. The third-order valence-corrected chi connectivity index (χ3v) is 9.78. The van der Waals surface area contributed by atoms with E-state index in [2.05, 4.69) is 51.8 Å². The summed E-state index contributed by atoms with van der Waals surface area (Å²) < 4.78 is 4.98. The van der Waals surface area contributed by atoms with E-state index < -0.39 is 6.19 Å². The largest absolute Gasteiger partial charge is 0.468 e. The van der Waals surface area contributed by atoms with Crippen molar-refractivity contribution in [2.24, 2.45) is 5.92 Å².